The quantitative estimate of drug-likeness (QED) is 0.422. The molecule has 0 spiro atoms. The van der Waals surface area contributed by atoms with E-state index >= 15 is 0 Å². The number of hydrogen-bond donors (Lipinski definition) is 3. The van der Waals surface area contributed by atoms with E-state index in [-0.39, 0.29) is 6.61 Å². The van der Waals surface area contributed by atoms with Crippen LogP contribution in [0.5, 0.6) is 11.6 Å². The van der Waals surface area contributed by atoms with Crippen molar-refractivity contribution in [1.82, 2.24) is 14.9 Å². The van der Waals surface area contributed by atoms with Crippen molar-refractivity contribution in [2.45, 2.75) is 12.5 Å². The lowest BCUT2D eigenvalue weighted by Gasteiger charge is -2.28. The van der Waals surface area contributed by atoms with Crippen LogP contribution in [-0.2, 0) is 0 Å². The molecule has 1 aliphatic rings. The summed E-state index contributed by atoms with van der Waals surface area (Å²) in [7, 11) is 1.69. The third-order valence-corrected chi connectivity index (χ3v) is 5.93. The van der Waals surface area contributed by atoms with E-state index in [0.29, 0.717) is 12.4 Å². The zero-order valence-electron chi connectivity index (χ0n) is 17.6. The highest BCUT2D eigenvalue weighted by molar-refractivity contribution is 5.93. The van der Waals surface area contributed by atoms with Crippen LogP contribution in [0.1, 0.15) is 12.0 Å². The van der Waals surface area contributed by atoms with Crippen molar-refractivity contribution in [2.24, 2.45) is 0 Å². The minimum atomic E-state index is -0.543. The largest absolute Gasteiger partial charge is 0.497 e. The van der Waals surface area contributed by atoms with Crippen molar-refractivity contribution >= 4 is 27.4 Å². The van der Waals surface area contributed by atoms with E-state index < -0.39 is 6.10 Å². The van der Waals surface area contributed by atoms with Crippen molar-refractivity contribution < 1.29 is 14.6 Å². The van der Waals surface area contributed by atoms with E-state index in [9.17, 15) is 5.11 Å². The van der Waals surface area contributed by atoms with Gasteiger partial charge < -0.3 is 24.5 Å². The van der Waals surface area contributed by atoms with Gasteiger partial charge in [0.05, 0.1) is 7.11 Å². The first-order valence-corrected chi connectivity index (χ1v) is 10.6. The van der Waals surface area contributed by atoms with E-state index in [1.54, 1.807) is 7.11 Å². The average Bonchev–Trinajstić information content (AvgIpc) is 3.41. The summed E-state index contributed by atoms with van der Waals surface area (Å²) < 4.78 is 11.2. The van der Waals surface area contributed by atoms with E-state index in [0.717, 1.165) is 41.7 Å². The zero-order chi connectivity index (χ0) is 21.2. The molecule has 0 unspecified atom stereocenters. The van der Waals surface area contributed by atoms with Gasteiger partial charge in [0, 0.05) is 59.3 Å². The lowest BCUT2D eigenvalue weighted by molar-refractivity contribution is 0.0702. The van der Waals surface area contributed by atoms with Gasteiger partial charge in [0.1, 0.15) is 18.5 Å². The van der Waals surface area contributed by atoms with E-state index in [4.69, 9.17) is 9.47 Å². The molecule has 3 heterocycles. The Labute approximate surface area is 181 Å². The topological polar surface area (TPSA) is 73.5 Å². The van der Waals surface area contributed by atoms with E-state index in [2.05, 4.69) is 39.3 Å². The first-order chi connectivity index (χ1) is 15.2. The Morgan fingerprint density at radius 3 is 2.84 bits per heavy atom. The number of H-pyrrole nitrogens is 2. The van der Waals surface area contributed by atoms with Gasteiger partial charge in [-0.25, -0.2) is 0 Å². The fourth-order valence-electron chi connectivity index (χ4n) is 4.28. The number of fused-ring (bicyclic) bond motifs is 2. The predicted molar refractivity (Wildman–Crippen MR) is 124 cm³/mol. The smallest absolute Gasteiger partial charge is 0.191 e. The van der Waals surface area contributed by atoms with Crippen molar-refractivity contribution in [3.63, 3.8) is 0 Å². The molecule has 2 aromatic heterocycles. The van der Waals surface area contributed by atoms with Gasteiger partial charge in [-0.05, 0) is 36.3 Å². The van der Waals surface area contributed by atoms with Gasteiger partial charge in [-0.15, -0.1) is 0 Å². The summed E-state index contributed by atoms with van der Waals surface area (Å²) in [6, 6.07) is 16.1. The molecule has 160 valence electrons. The summed E-state index contributed by atoms with van der Waals surface area (Å²) in [5.41, 5.74) is 4.72. The highest BCUT2D eigenvalue weighted by atomic mass is 16.5. The molecule has 0 saturated carbocycles. The molecule has 0 saturated heterocycles. The second-order valence-corrected chi connectivity index (χ2v) is 8.04. The predicted octanol–water partition coefficient (Wildman–Crippen LogP) is 4.19. The molecule has 4 aromatic rings. The van der Waals surface area contributed by atoms with Crippen LogP contribution in [0.2, 0.25) is 0 Å². The van der Waals surface area contributed by atoms with Gasteiger partial charge in [-0.1, -0.05) is 24.3 Å². The Morgan fingerprint density at radius 2 is 2.03 bits per heavy atom. The Bertz CT molecular complexity index is 1190. The van der Waals surface area contributed by atoms with Crippen LogP contribution in [0.25, 0.3) is 27.4 Å². The summed E-state index contributed by atoms with van der Waals surface area (Å²) in [5, 5.41) is 12.8. The Morgan fingerprint density at radius 1 is 1.13 bits per heavy atom. The normalized spacial score (nSPS) is 15.9. The lowest BCUT2D eigenvalue weighted by atomic mass is 9.98. The second-order valence-electron chi connectivity index (χ2n) is 8.04. The fourth-order valence-corrected chi connectivity index (χ4v) is 4.28. The number of aliphatic hydroxyl groups is 1. The van der Waals surface area contributed by atoms with Gasteiger partial charge in [0.15, 0.2) is 5.88 Å². The van der Waals surface area contributed by atoms with Crippen LogP contribution in [0.15, 0.2) is 60.8 Å². The van der Waals surface area contributed by atoms with Crippen LogP contribution in [0.3, 0.4) is 0 Å². The van der Waals surface area contributed by atoms with Crippen LogP contribution in [0, 0.1) is 0 Å². The molecule has 31 heavy (non-hydrogen) atoms. The van der Waals surface area contributed by atoms with Crippen molar-refractivity contribution in [2.75, 3.05) is 33.4 Å². The Hall–Kier alpha value is -3.22. The maximum absolute atomic E-state index is 10.5. The third kappa shape index (κ3) is 4.17. The highest BCUT2D eigenvalue weighted by Crippen LogP contribution is 2.31. The number of nitrogens with one attached hydrogen (secondary N) is 2. The molecule has 3 N–H and O–H groups in total. The van der Waals surface area contributed by atoms with Gasteiger partial charge in [-0.2, -0.15) is 0 Å². The first kappa shape index (κ1) is 19.7. The molecule has 2 aromatic carbocycles. The van der Waals surface area contributed by atoms with Crippen molar-refractivity contribution in [3.05, 3.63) is 66.4 Å². The summed E-state index contributed by atoms with van der Waals surface area (Å²) in [4.78, 5) is 8.84. The number of β-amino-alcohol motifs (C(OH)–C–C–N with tert-alkyl or cyclic N) is 1. The first-order valence-electron chi connectivity index (χ1n) is 10.6. The molecule has 0 bridgehead atoms. The van der Waals surface area contributed by atoms with Gasteiger partial charge in [-0.3, -0.25) is 4.90 Å². The van der Waals surface area contributed by atoms with E-state index in [1.807, 2.05) is 36.4 Å². The molecule has 5 rings (SSSR count). The third-order valence-electron chi connectivity index (χ3n) is 5.93. The second kappa shape index (κ2) is 8.49. The molecule has 1 atom stereocenters. The number of aromatic amines is 2. The molecule has 0 aliphatic carbocycles. The van der Waals surface area contributed by atoms with Crippen LogP contribution < -0.4 is 9.47 Å². The van der Waals surface area contributed by atoms with Crippen molar-refractivity contribution in [3.8, 4) is 11.6 Å². The lowest BCUT2D eigenvalue weighted by Crippen LogP contribution is -2.38. The molecule has 6 heteroatoms. The Kier molecular flexibility index (Phi) is 5.40. The highest BCUT2D eigenvalue weighted by Gasteiger charge is 2.18. The number of aliphatic hydroxyl groups excluding tert-OH is 1. The molecule has 1 aliphatic heterocycles. The number of nitrogens with zero attached hydrogens (tertiary/aromatic N) is 1. The molecule has 0 radical (unpaired) electrons. The summed E-state index contributed by atoms with van der Waals surface area (Å²) >= 11 is 0. The number of ether oxygens (including phenoxy) is 2. The number of benzene rings is 2. The number of aromatic nitrogens is 2. The van der Waals surface area contributed by atoms with Gasteiger partial charge in [0.2, 0.25) is 0 Å². The number of hydrogen-bond acceptors (Lipinski definition) is 4. The Balaban J connectivity index is 1.18. The molecular formula is C25H27N3O3. The van der Waals surface area contributed by atoms with E-state index in [1.165, 1.54) is 16.5 Å². The van der Waals surface area contributed by atoms with Gasteiger partial charge >= 0.3 is 0 Å². The molecule has 6 nitrogen and oxygen atoms in total. The maximum atomic E-state index is 10.5. The number of para-hydroxylation sites is 1. The SMILES string of the molecule is COc1ccc2[nH]cc(C3=CCN(C[C@H](O)COc4cc5ccccc5[nH]4)CC3)c2c1. The zero-order valence-corrected chi connectivity index (χ0v) is 17.6. The maximum Gasteiger partial charge on any atom is 0.191 e. The van der Waals surface area contributed by atoms with Crippen LogP contribution in [-0.4, -0.2) is 59.4 Å². The average molecular weight is 418 g/mol. The standard InChI is InChI=1S/C25H27N3O3/c1-30-20-6-7-24-21(13-20)22(14-26-24)17-8-10-28(11-9-17)15-19(29)16-31-25-12-18-4-2-3-5-23(18)27-25/h2-8,12-14,19,26-27,29H,9-11,15-16H2,1H3/t19-/m0/s1. The summed E-state index contributed by atoms with van der Waals surface area (Å²) in [6.45, 7) is 2.58. The molecule has 0 amide bonds. The fraction of sp³-hybridized carbons (Fsp3) is 0.280. The summed E-state index contributed by atoms with van der Waals surface area (Å²) in [5.74, 6) is 1.56. The van der Waals surface area contributed by atoms with Gasteiger partial charge in [0.25, 0.3) is 0 Å². The molecule has 0 fully saturated rings. The van der Waals surface area contributed by atoms with Crippen LogP contribution in [0.4, 0.5) is 0 Å². The summed E-state index contributed by atoms with van der Waals surface area (Å²) in [6.07, 6.45) is 4.74. The minimum absolute atomic E-state index is 0.266. The van der Waals surface area contributed by atoms with Crippen molar-refractivity contribution in [1.29, 1.82) is 0 Å². The van der Waals surface area contributed by atoms with Crippen LogP contribution >= 0.6 is 0 Å². The number of rotatable bonds is 7. The molecular weight excluding hydrogens is 390 g/mol. The monoisotopic (exact) mass is 417 g/mol. The minimum Gasteiger partial charge on any atom is -0.497 e. The number of methoxy groups -OCH3 is 1.